The smallest absolute Gasteiger partial charge is 0.226 e. The van der Waals surface area contributed by atoms with Gasteiger partial charge in [0, 0.05) is 11.1 Å². The summed E-state index contributed by atoms with van der Waals surface area (Å²) in [6, 6.07) is 8.21. The Balaban J connectivity index is 1.73. The number of benzene rings is 1. The Labute approximate surface area is 115 Å². The van der Waals surface area contributed by atoms with E-state index >= 15 is 0 Å². The van der Waals surface area contributed by atoms with Gasteiger partial charge in [-0.1, -0.05) is 28.1 Å². The van der Waals surface area contributed by atoms with Crippen LogP contribution in [0.5, 0.6) is 0 Å². The summed E-state index contributed by atoms with van der Waals surface area (Å²) in [5.74, 6) is 0.180. The standard InChI is InChI=1S/C14H16BrNO2/c15-12-3-1-2-11(8-12)14(5-6-14)16-13(17)10-4-7-18-9-10/h1-3,8,10H,4-7,9H2,(H,16,17)/t10-/m0/s1. The second-order valence-electron chi connectivity index (χ2n) is 5.14. The maximum atomic E-state index is 12.2. The van der Waals surface area contributed by atoms with Crippen LogP contribution in [0.3, 0.4) is 0 Å². The number of hydrogen-bond donors (Lipinski definition) is 1. The molecule has 0 unspecified atom stereocenters. The quantitative estimate of drug-likeness (QED) is 0.932. The number of rotatable bonds is 3. The van der Waals surface area contributed by atoms with Crippen molar-refractivity contribution in [3.05, 3.63) is 34.3 Å². The van der Waals surface area contributed by atoms with Crippen LogP contribution in [0.15, 0.2) is 28.7 Å². The minimum absolute atomic E-state index is 0.0367. The number of nitrogens with one attached hydrogen (secondary N) is 1. The predicted molar refractivity (Wildman–Crippen MR) is 72.1 cm³/mol. The minimum atomic E-state index is -0.122. The van der Waals surface area contributed by atoms with Crippen molar-refractivity contribution in [2.45, 2.75) is 24.8 Å². The zero-order valence-corrected chi connectivity index (χ0v) is 11.7. The largest absolute Gasteiger partial charge is 0.381 e. The van der Waals surface area contributed by atoms with Crippen LogP contribution in [0.25, 0.3) is 0 Å². The lowest BCUT2D eigenvalue weighted by Gasteiger charge is -2.20. The summed E-state index contributed by atoms with van der Waals surface area (Å²) < 4.78 is 6.33. The molecule has 1 aliphatic carbocycles. The summed E-state index contributed by atoms with van der Waals surface area (Å²) in [5.41, 5.74) is 1.08. The minimum Gasteiger partial charge on any atom is -0.381 e. The van der Waals surface area contributed by atoms with Crippen LogP contribution in [-0.4, -0.2) is 19.1 Å². The molecule has 1 aliphatic heterocycles. The highest BCUT2D eigenvalue weighted by Gasteiger charge is 2.46. The van der Waals surface area contributed by atoms with E-state index in [9.17, 15) is 4.79 Å². The molecule has 2 fully saturated rings. The Kier molecular flexibility index (Phi) is 3.16. The van der Waals surface area contributed by atoms with Crippen LogP contribution >= 0.6 is 15.9 Å². The van der Waals surface area contributed by atoms with E-state index in [0.717, 1.165) is 23.7 Å². The second kappa shape index (κ2) is 4.67. The summed E-state index contributed by atoms with van der Waals surface area (Å²) in [5, 5.41) is 3.21. The van der Waals surface area contributed by atoms with E-state index in [1.54, 1.807) is 0 Å². The third-order valence-electron chi connectivity index (χ3n) is 3.79. The number of halogens is 1. The number of amides is 1. The highest BCUT2D eigenvalue weighted by atomic mass is 79.9. The van der Waals surface area contributed by atoms with Crippen molar-refractivity contribution >= 4 is 21.8 Å². The lowest BCUT2D eigenvalue weighted by atomic mass is 10.0. The first-order chi connectivity index (χ1) is 8.70. The van der Waals surface area contributed by atoms with Crippen molar-refractivity contribution in [1.29, 1.82) is 0 Å². The van der Waals surface area contributed by atoms with Gasteiger partial charge in [-0.05, 0) is 37.0 Å². The Morgan fingerprint density at radius 1 is 1.44 bits per heavy atom. The second-order valence-corrected chi connectivity index (χ2v) is 6.06. The molecule has 0 radical (unpaired) electrons. The highest BCUT2D eigenvalue weighted by molar-refractivity contribution is 9.10. The number of carbonyl (C=O) groups is 1. The Morgan fingerprint density at radius 3 is 2.89 bits per heavy atom. The van der Waals surface area contributed by atoms with Crippen molar-refractivity contribution in [3.63, 3.8) is 0 Å². The van der Waals surface area contributed by atoms with Gasteiger partial charge in [0.2, 0.25) is 5.91 Å². The molecule has 3 rings (SSSR count). The molecule has 18 heavy (non-hydrogen) atoms. The van der Waals surface area contributed by atoms with Crippen molar-refractivity contribution in [3.8, 4) is 0 Å². The lowest BCUT2D eigenvalue weighted by molar-refractivity contribution is -0.126. The molecule has 96 valence electrons. The summed E-state index contributed by atoms with van der Waals surface area (Å²) in [6.07, 6.45) is 2.91. The van der Waals surface area contributed by atoms with Crippen LogP contribution in [0.1, 0.15) is 24.8 Å². The van der Waals surface area contributed by atoms with Gasteiger partial charge < -0.3 is 10.1 Å². The first-order valence-corrected chi connectivity index (χ1v) is 7.15. The van der Waals surface area contributed by atoms with Crippen LogP contribution in [0, 0.1) is 5.92 Å². The highest BCUT2D eigenvalue weighted by Crippen LogP contribution is 2.46. The molecule has 1 saturated heterocycles. The SMILES string of the molecule is O=C(NC1(c2cccc(Br)c2)CC1)[C@H]1CCOC1. The van der Waals surface area contributed by atoms with Crippen molar-refractivity contribution in [2.75, 3.05) is 13.2 Å². The summed E-state index contributed by atoms with van der Waals surface area (Å²) in [4.78, 5) is 12.2. The molecular weight excluding hydrogens is 294 g/mol. The molecule has 1 N–H and O–H groups in total. The van der Waals surface area contributed by atoms with Gasteiger partial charge in [0.15, 0.2) is 0 Å². The molecule has 4 heteroatoms. The van der Waals surface area contributed by atoms with E-state index in [1.165, 1.54) is 5.56 Å². The molecule has 2 aliphatic rings. The van der Waals surface area contributed by atoms with Crippen molar-refractivity contribution < 1.29 is 9.53 Å². The number of carbonyl (C=O) groups excluding carboxylic acids is 1. The fourth-order valence-electron chi connectivity index (χ4n) is 2.48. The van der Waals surface area contributed by atoms with E-state index in [1.807, 2.05) is 12.1 Å². The van der Waals surface area contributed by atoms with Gasteiger partial charge in [0.25, 0.3) is 0 Å². The summed E-state index contributed by atoms with van der Waals surface area (Å²) in [7, 11) is 0. The Hall–Kier alpha value is -0.870. The van der Waals surface area contributed by atoms with Gasteiger partial charge in [0.1, 0.15) is 0 Å². The third-order valence-corrected chi connectivity index (χ3v) is 4.28. The van der Waals surface area contributed by atoms with E-state index in [-0.39, 0.29) is 17.4 Å². The molecule has 0 aromatic heterocycles. The first-order valence-electron chi connectivity index (χ1n) is 6.35. The normalized spacial score (nSPS) is 24.8. The number of ether oxygens (including phenoxy) is 1. The maximum Gasteiger partial charge on any atom is 0.226 e. The van der Waals surface area contributed by atoms with Gasteiger partial charge in [-0.25, -0.2) is 0 Å². The van der Waals surface area contributed by atoms with Crippen LogP contribution in [0.2, 0.25) is 0 Å². The topological polar surface area (TPSA) is 38.3 Å². The fourth-order valence-corrected chi connectivity index (χ4v) is 2.88. The monoisotopic (exact) mass is 309 g/mol. The molecule has 0 spiro atoms. The van der Waals surface area contributed by atoms with Crippen LogP contribution in [-0.2, 0) is 15.1 Å². The van der Waals surface area contributed by atoms with Gasteiger partial charge >= 0.3 is 0 Å². The summed E-state index contributed by atoms with van der Waals surface area (Å²) >= 11 is 3.48. The number of hydrogen-bond acceptors (Lipinski definition) is 2. The first kappa shape index (κ1) is 12.2. The predicted octanol–water partition coefficient (Wildman–Crippen LogP) is 2.59. The molecule has 3 nitrogen and oxygen atoms in total. The van der Waals surface area contributed by atoms with E-state index < -0.39 is 0 Å². The molecule has 1 aromatic rings. The fraction of sp³-hybridized carbons (Fsp3) is 0.500. The lowest BCUT2D eigenvalue weighted by Crippen LogP contribution is -2.39. The van der Waals surface area contributed by atoms with Gasteiger partial charge in [-0.2, -0.15) is 0 Å². The zero-order chi connectivity index (χ0) is 12.6. The average molecular weight is 310 g/mol. The molecule has 1 aromatic carbocycles. The van der Waals surface area contributed by atoms with E-state index in [4.69, 9.17) is 4.74 Å². The van der Waals surface area contributed by atoms with Crippen LogP contribution in [0.4, 0.5) is 0 Å². The molecular formula is C14H16BrNO2. The average Bonchev–Trinajstić information content (AvgIpc) is 2.93. The van der Waals surface area contributed by atoms with Gasteiger partial charge in [-0.15, -0.1) is 0 Å². The van der Waals surface area contributed by atoms with Gasteiger partial charge in [-0.3, -0.25) is 4.79 Å². The molecule has 1 saturated carbocycles. The van der Waals surface area contributed by atoms with Gasteiger partial charge in [0.05, 0.1) is 18.1 Å². The molecule has 1 heterocycles. The van der Waals surface area contributed by atoms with Crippen molar-refractivity contribution in [1.82, 2.24) is 5.32 Å². The van der Waals surface area contributed by atoms with E-state index in [2.05, 4.69) is 33.4 Å². The zero-order valence-electron chi connectivity index (χ0n) is 10.1. The van der Waals surface area contributed by atoms with Crippen LogP contribution < -0.4 is 5.32 Å². The molecule has 1 amide bonds. The van der Waals surface area contributed by atoms with Crippen molar-refractivity contribution in [2.24, 2.45) is 5.92 Å². The van der Waals surface area contributed by atoms with E-state index in [0.29, 0.717) is 13.2 Å². The molecule has 0 bridgehead atoms. The molecule has 1 atom stereocenters. The third kappa shape index (κ3) is 2.31. The maximum absolute atomic E-state index is 12.2. The Morgan fingerprint density at radius 2 is 2.28 bits per heavy atom. The summed E-state index contributed by atoms with van der Waals surface area (Å²) in [6.45, 7) is 1.28. The Bertz CT molecular complexity index is 465.